The molecule has 9 rings (SSSR count). The van der Waals surface area contributed by atoms with Crippen molar-refractivity contribution in [2.75, 3.05) is 0 Å². The normalized spacial score (nSPS) is 11.5. The van der Waals surface area contributed by atoms with E-state index < -0.39 is 0 Å². The molecule has 9 aromatic carbocycles. The molecular formula is C46H30. The van der Waals surface area contributed by atoms with Gasteiger partial charge in [-0.15, -0.1) is 0 Å². The van der Waals surface area contributed by atoms with Crippen LogP contribution in [0.5, 0.6) is 0 Å². The summed E-state index contributed by atoms with van der Waals surface area (Å²) < 4.78 is 0. The fourth-order valence-electron chi connectivity index (χ4n) is 7.27. The molecule has 46 heavy (non-hydrogen) atoms. The molecule has 9 aromatic rings. The second-order valence-corrected chi connectivity index (χ2v) is 12.1. The summed E-state index contributed by atoms with van der Waals surface area (Å²) >= 11 is 0. The van der Waals surface area contributed by atoms with Crippen molar-refractivity contribution in [2.24, 2.45) is 0 Å². The van der Waals surface area contributed by atoms with Gasteiger partial charge in [0.05, 0.1) is 0 Å². The zero-order valence-corrected chi connectivity index (χ0v) is 25.3. The summed E-state index contributed by atoms with van der Waals surface area (Å²) in [4.78, 5) is 0. The molecule has 0 aliphatic heterocycles. The Morgan fingerprint density at radius 3 is 1.43 bits per heavy atom. The molecule has 0 spiro atoms. The third-order valence-corrected chi connectivity index (χ3v) is 9.40. The minimum atomic E-state index is 1.21. The van der Waals surface area contributed by atoms with E-state index in [2.05, 4.69) is 182 Å². The van der Waals surface area contributed by atoms with E-state index in [1.165, 1.54) is 87.6 Å². The largest absolute Gasteiger partial charge is 0.0622 e. The monoisotopic (exact) mass is 582 g/mol. The van der Waals surface area contributed by atoms with Gasteiger partial charge in [-0.1, -0.05) is 158 Å². The summed E-state index contributed by atoms with van der Waals surface area (Å²) in [6.07, 6.45) is 0. The zero-order chi connectivity index (χ0) is 30.5. The SMILES string of the molecule is c1ccc(-c2c3ccccc3c(-c3ccccc3)c3cc(-c4cccc(-c5cccc6cc7ccccc7cc56)c4)ccc23)cc1. The van der Waals surface area contributed by atoms with Crippen LogP contribution in [0.3, 0.4) is 0 Å². The first-order chi connectivity index (χ1) is 22.8. The van der Waals surface area contributed by atoms with Crippen molar-refractivity contribution in [3.05, 3.63) is 182 Å². The summed E-state index contributed by atoms with van der Waals surface area (Å²) in [7, 11) is 0. The average molecular weight is 583 g/mol. The lowest BCUT2D eigenvalue weighted by Gasteiger charge is -2.19. The van der Waals surface area contributed by atoms with Crippen LogP contribution in [0.2, 0.25) is 0 Å². The standard InChI is InChI=1S/C46H30/c1-3-13-31(14-4-1)45-40-22-9-10-23-41(40)46(32-15-5-2-6-16-32)44-30-36(25-26-42(44)45)34-19-11-20-37(27-34)39-24-12-21-38-28-33-17-7-8-18-35(33)29-43(38)39/h1-30H. The molecule has 214 valence electrons. The van der Waals surface area contributed by atoms with Gasteiger partial charge < -0.3 is 0 Å². The van der Waals surface area contributed by atoms with Crippen molar-refractivity contribution < 1.29 is 0 Å². The molecule has 0 N–H and O–H groups in total. The van der Waals surface area contributed by atoms with E-state index >= 15 is 0 Å². The number of benzene rings is 9. The first-order valence-corrected chi connectivity index (χ1v) is 15.9. The summed E-state index contributed by atoms with van der Waals surface area (Å²) in [5, 5.41) is 10.2. The van der Waals surface area contributed by atoms with Crippen LogP contribution in [0.15, 0.2) is 182 Å². The molecule has 0 saturated heterocycles. The molecule has 0 aliphatic carbocycles. The van der Waals surface area contributed by atoms with Crippen LogP contribution >= 0.6 is 0 Å². The molecular weight excluding hydrogens is 553 g/mol. The zero-order valence-electron chi connectivity index (χ0n) is 25.3. The predicted octanol–water partition coefficient (Wildman–Crippen LogP) is 13.0. The van der Waals surface area contributed by atoms with E-state index in [1.807, 2.05) is 0 Å². The molecule has 0 fully saturated rings. The lowest BCUT2D eigenvalue weighted by Crippen LogP contribution is -1.91. The minimum absolute atomic E-state index is 1.21. The number of rotatable bonds is 4. The Morgan fingerprint density at radius 2 is 0.717 bits per heavy atom. The fraction of sp³-hybridized carbons (Fsp3) is 0. The fourth-order valence-corrected chi connectivity index (χ4v) is 7.27. The van der Waals surface area contributed by atoms with Gasteiger partial charge in [-0.25, -0.2) is 0 Å². The van der Waals surface area contributed by atoms with Gasteiger partial charge in [0, 0.05) is 0 Å². The molecule has 0 heterocycles. The van der Waals surface area contributed by atoms with Crippen LogP contribution in [0.1, 0.15) is 0 Å². The molecule has 0 aliphatic rings. The molecule has 0 bridgehead atoms. The van der Waals surface area contributed by atoms with Gasteiger partial charge in [-0.2, -0.15) is 0 Å². The number of hydrogen-bond acceptors (Lipinski definition) is 0. The van der Waals surface area contributed by atoms with E-state index in [0.29, 0.717) is 0 Å². The van der Waals surface area contributed by atoms with Crippen LogP contribution in [0.25, 0.3) is 87.6 Å². The minimum Gasteiger partial charge on any atom is -0.0622 e. The maximum Gasteiger partial charge on any atom is -0.00262 e. The average Bonchev–Trinajstić information content (AvgIpc) is 3.13. The van der Waals surface area contributed by atoms with Crippen molar-refractivity contribution in [3.63, 3.8) is 0 Å². The Kier molecular flexibility index (Phi) is 6.25. The highest BCUT2D eigenvalue weighted by Crippen LogP contribution is 2.45. The van der Waals surface area contributed by atoms with E-state index in [-0.39, 0.29) is 0 Å². The van der Waals surface area contributed by atoms with E-state index in [9.17, 15) is 0 Å². The summed E-state index contributed by atoms with van der Waals surface area (Å²) in [5.74, 6) is 0. The van der Waals surface area contributed by atoms with Crippen molar-refractivity contribution in [1.29, 1.82) is 0 Å². The predicted molar refractivity (Wildman–Crippen MR) is 198 cm³/mol. The second kappa shape index (κ2) is 10.9. The van der Waals surface area contributed by atoms with Crippen LogP contribution in [0.4, 0.5) is 0 Å². The van der Waals surface area contributed by atoms with Gasteiger partial charge in [0.2, 0.25) is 0 Å². The Balaban J connectivity index is 1.28. The summed E-state index contributed by atoms with van der Waals surface area (Å²) in [6.45, 7) is 0. The third-order valence-electron chi connectivity index (χ3n) is 9.40. The first kappa shape index (κ1) is 26.4. The van der Waals surface area contributed by atoms with Crippen molar-refractivity contribution >= 4 is 43.1 Å². The highest BCUT2D eigenvalue weighted by atomic mass is 14.2. The topological polar surface area (TPSA) is 0 Å². The maximum atomic E-state index is 2.41. The highest BCUT2D eigenvalue weighted by molar-refractivity contribution is 6.22. The van der Waals surface area contributed by atoms with E-state index in [4.69, 9.17) is 0 Å². The molecule has 0 atom stereocenters. The van der Waals surface area contributed by atoms with Crippen LogP contribution in [0, 0.1) is 0 Å². The molecule has 0 radical (unpaired) electrons. The van der Waals surface area contributed by atoms with Crippen molar-refractivity contribution in [1.82, 2.24) is 0 Å². The Hall–Kier alpha value is -5.98. The molecule has 0 nitrogen and oxygen atoms in total. The van der Waals surface area contributed by atoms with Crippen LogP contribution in [-0.2, 0) is 0 Å². The smallest absolute Gasteiger partial charge is 0.00262 e. The van der Waals surface area contributed by atoms with Crippen LogP contribution in [-0.4, -0.2) is 0 Å². The number of hydrogen-bond donors (Lipinski definition) is 0. The lowest BCUT2D eigenvalue weighted by atomic mass is 9.84. The maximum absolute atomic E-state index is 2.41. The van der Waals surface area contributed by atoms with Gasteiger partial charge in [-0.05, 0) is 112 Å². The van der Waals surface area contributed by atoms with Gasteiger partial charge in [-0.3, -0.25) is 0 Å². The molecule has 0 aromatic heterocycles. The summed E-state index contributed by atoms with van der Waals surface area (Å²) in [5.41, 5.74) is 9.95. The molecule has 0 heteroatoms. The van der Waals surface area contributed by atoms with E-state index in [0.717, 1.165) is 0 Å². The Bertz CT molecular complexity index is 2560. The Morgan fingerprint density at radius 1 is 0.217 bits per heavy atom. The van der Waals surface area contributed by atoms with Gasteiger partial charge >= 0.3 is 0 Å². The summed E-state index contributed by atoms with van der Waals surface area (Å²) in [6, 6.07) is 66.5. The van der Waals surface area contributed by atoms with E-state index in [1.54, 1.807) is 0 Å². The first-order valence-electron chi connectivity index (χ1n) is 15.9. The van der Waals surface area contributed by atoms with Gasteiger partial charge in [0.15, 0.2) is 0 Å². The Labute approximate surface area is 268 Å². The molecule has 0 unspecified atom stereocenters. The van der Waals surface area contributed by atoms with Gasteiger partial charge in [0.1, 0.15) is 0 Å². The quantitative estimate of drug-likeness (QED) is 0.181. The molecule has 0 amide bonds. The van der Waals surface area contributed by atoms with Crippen molar-refractivity contribution in [3.8, 4) is 44.5 Å². The molecule has 0 saturated carbocycles. The number of fused-ring (bicyclic) bond motifs is 4. The lowest BCUT2D eigenvalue weighted by molar-refractivity contribution is 1.61. The van der Waals surface area contributed by atoms with Crippen molar-refractivity contribution in [2.45, 2.75) is 0 Å². The van der Waals surface area contributed by atoms with Crippen LogP contribution < -0.4 is 0 Å². The second-order valence-electron chi connectivity index (χ2n) is 12.1. The van der Waals surface area contributed by atoms with Gasteiger partial charge in [0.25, 0.3) is 0 Å². The highest BCUT2D eigenvalue weighted by Gasteiger charge is 2.17. The third kappa shape index (κ3) is 4.38.